The van der Waals surface area contributed by atoms with Crippen LogP contribution in [-0.2, 0) is 33.3 Å². The number of rotatable bonds is 6. The average Bonchev–Trinajstić information content (AvgIpc) is 3.37. The van der Waals surface area contributed by atoms with Crippen molar-refractivity contribution in [2.24, 2.45) is 45.3 Å². The van der Waals surface area contributed by atoms with Crippen molar-refractivity contribution < 1.29 is 33.3 Å². The Balaban J connectivity index is 1.52. The van der Waals surface area contributed by atoms with E-state index in [-0.39, 0.29) is 82.4 Å². The van der Waals surface area contributed by atoms with Gasteiger partial charge in [0.05, 0.1) is 11.7 Å². The summed E-state index contributed by atoms with van der Waals surface area (Å²) in [6, 6.07) is 0. The maximum atomic E-state index is 12.5. The second kappa shape index (κ2) is 10.9. The molecule has 11 atom stereocenters. The van der Waals surface area contributed by atoms with E-state index in [1.807, 2.05) is 0 Å². The second-order valence-corrected chi connectivity index (χ2v) is 16.4. The van der Waals surface area contributed by atoms with E-state index in [0.717, 1.165) is 51.4 Å². The molecule has 0 amide bonds. The zero-order valence-corrected chi connectivity index (χ0v) is 28.3. The molecule has 1 saturated heterocycles. The molecule has 5 aliphatic rings. The maximum absolute atomic E-state index is 12.5. The Labute approximate surface area is 259 Å². The second-order valence-electron chi connectivity index (χ2n) is 16.4. The number of fused-ring (bicyclic) bond motifs is 5. The van der Waals surface area contributed by atoms with Gasteiger partial charge in [-0.15, -0.1) is 0 Å². The lowest BCUT2D eigenvalue weighted by atomic mass is 9.41. The molecule has 0 aromatic rings. The van der Waals surface area contributed by atoms with Crippen LogP contribution in [-0.4, -0.2) is 48.4 Å². The lowest BCUT2D eigenvalue weighted by Gasteiger charge is -2.64. The predicted octanol–water partition coefficient (Wildman–Crippen LogP) is 7.20. The van der Waals surface area contributed by atoms with Gasteiger partial charge in [-0.1, -0.05) is 46.3 Å². The van der Waals surface area contributed by atoms with E-state index >= 15 is 0 Å². The molecular formula is C36H56O7. The average molecular weight is 601 g/mol. The number of carbonyl (C=O) groups excluding carboxylic acids is 3. The number of allylic oxidation sites excluding steroid dienone is 2. The van der Waals surface area contributed by atoms with E-state index in [1.165, 1.54) is 19.4 Å². The normalized spacial score (nSPS) is 45.6. The van der Waals surface area contributed by atoms with Gasteiger partial charge < -0.3 is 18.9 Å². The van der Waals surface area contributed by atoms with Crippen molar-refractivity contribution >= 4 is 17.9 Å². The van der Waals surface area contributed by atoms with Gasteiger partial charge in [0.25, 0.3) is 0 Å². The van der Waals surface area contributed by atoms with Crippen LogP contribution in [0.2, 0.25) is 0 Å². The van der Waals surface area contributed by atoms with Crippen LogP contribution in [0.4, 0.5) is 0 Å². The van der Waals surface area contributed by atoms with Gasteiger partial charge in [-0.2, -0.15) is 0 Å². The summed E-state index contributed by atoms with van der Waals surface area (Å²) in [4.78, 5) is 36.6. The first-order valence-corrected chi connectivity index (χ1v) is 16.7. The Morgan fingerprint density at radius 1 is 0.884 bits per heavy atom. The largest absolute Gasteiger partial charge is 0.465 e. The standard InChI is InChI=1S/C36H56O7/c1-21(27-14-16-32(5,6)43-27)31-28(41-23(3)38)19-36(10)26-11-12-29-33(7,25(26)13-18-35(31,36)9)17-15-30(42-24(4)39)34(29,8)20-40-22(2)37/h13,21,26-31H,11-12,14-20H2,1-10H3/t21-,26-,27+,28+,29-,30+,31+,33-,34+,35-,36+/m1/s1. The zero-order valence-electron chi connectivity index (χ0n) is 28.3. The Kier molecular flexibility index (Phi) is 8.22. The van der Waals surface area contributed by atoms with E-state index in [9.17, 15) is 14.4 Å². The van der Waals surface area contributed by atoms with Crippen LogP contribution in [0.3, 0.4) is 0 Å². The number of hydrogen-bond donors (Lipinski definition) is 0. The van der Waals surface area contributed by atoms with Crippen LogP contribution >= 0.6 is 0 Å². The first kappa shape index (κ1) is 32.5. The number of esters is 3. The molecular weight excluding hydrogens is 544 g/mol. The molecule has 242 valence electrons. The molecule has 0 aromatic carbocycles. The smallest absolute Gasteiger partial charge is 0.302 e. The van der Waals surface area contributed by atoms with Gasteiger partial charge in [0.2, 0.25) is 0 Å². The van der Waals surface area contributed by atoms with Crippen molar-refractivity contribution in [1.82, 2.24) is 0 Å². The van der Waals surface area contributed by atoms with Crippen LogP contribution in [0.25, 0.3) is 0 Å². The summed E-state index contributed by atoms with van der Waals surface area (Å²) in [6.45, 7) is 20.9. The Hall–Kier alpha value is -1.89. The summed E-state index contributed by atoms with van der Waals surface area (Å²) in [7, 11) is 0. The van der Waals surface area contributed by atoms with E-state index in [1.54, 1.807) is 6.92 Å². The number of carbonyl (C=O) groups is 3. The van der Waals surface area contributed by atoms with Crippen molar-refractivity contribution in [2.75, 3.05) is 6.61 Å². The van der Waals surface area contributed by atoms with Gasteiger partial charge in [0.15, 0.2) is 0 Å². The zero-order chi connectivity index (χ0) is 31.8. The molecule has 0 aromatic heterocycles. The fourth-order valence-corrected chi connectivity index (χ4v) is 11.3. The molecule has 4 aliphatic carbocycles. The molecule has 1 heterocycles. The fourth-order valence-electron chi connectivity index (χ4n) is 11.3. The summed E-state index contributed by atoms with van der Waals surface area (Å²) >= 11 is 0. The highest BCUT2D eigenvalue weighted by atomic mass is 16.6. The van der Waals surface area contributed by atoms with Crippen molar-refractivity contribution in [3.05, 3.63) is 11.6 Å². The quantitative estimate of drug-likeness (QED) is 0.181. The number of ether oxygens (including phenoxy) is 4. The summed E-state index contributed by atoms with van der Waals surface area (Å²) in [6.07, 6.45) is 9.83. The summed E-state index contributed by atoms with van der Waals surface area (Å²) in [5.41, 5.74) is 0.740. The molecule has 0 spiro atoms. The summed E-state index contributed by atoms with van der Waals surface area (Å²) in [5, 5.41) is 0. The summed E-state index contributed by atoms with van der Waals surface area (Å²) in [5.74, 6) is 0.266. The third-order valence-electron chi connectivity index (χ3n) is 13.5. The van der Waals surface area contributed by atoms with Gasteiger partial charge in [0, 0.05) is 32.1 Å². The minimum absolute atomic E-state index is 0.0444. The topological polar surface area (TPSA) is 88.1 Å². The third-order valence-corrected chi connectivity index (χ3v) is 13.5. The van der Waals surface area contributed by atoms with Crippen molar-refractivity contribution in [3.8, 4) is 0 Å². The SMILES string of the molecule is CC(=O)OC[C@]1(C)[C@@H](OC(C)=O)CC[C@]2(C)C3=CC[C@]4(C)[C@@H]([C@H](C)[C@@H]5CCC(C)(C)O5)[C@@H](OC(C)=O)C[C@@]4(C)[C@@H]3CC[C@@H]12. The molecule has 5 rings (SSSR count). The lowest BCUT2D eigenvalue weighted by Crippen LogP contribution is -2.60. The fraction of sp³-hybridized carbons (Fsp3) is 0.861. The Morgan fingerprint density at radius 2 is 1.56 bits per heavy atom. The maximum Gasteiger partial charge on any atom is 0.302 e. The van der Waals surface area contributed by atoms with Gasteiger partial charge in [0.1, 0.15) is 18.8 Å². The molecule has 0 N–H and O–H groups in total. The molecule has 4 fully saturated rings. The predicted molar refractivity (Wildman–Crippen MR) is 164 cm³/mol. The Bertz CT molecular complexity index is 1170. The third kappa shape index (κ3) is 5.17. The highest BCUT2D eigenvalue weighted by molar-refractivity contribution is 5.67. The van der Waals surface area contributed by atoms with Crippen molar-refractivity contribution in [1.29, 1.82) is 0 Å². The lowest BCUT2D eigenvalue weighted by molar-refractivity contribution is -0.187. The van der Waals surface area contributed by atoms with Gasteiger partial charge in [-0.05, 0) is 99.2 Å². The number of hydrogen-bond acceptors (Lipinski definition) is 7. The molecule has 7 heteroatoms. The summed E-state index contributed by atoms with van der Waals surface area (Å²) < 4.78 is 24.4. The minimum atomic E-state index is -0.475. The molecule has 3 saturated carbocycles. The van der Waals surface area contributed by atoms with E-state index in [4.69, 9.17) is 18.9 Å². The minimum Gasteiger partial charge on any atom is -0.465 e. The highest BCUT2D eigenvalue weighted by Gasteiger charge is 2.69. The Morgan fingerprint density at radius 3 is 2.14 bits per heavy atom. The van der Waals surface area contributed by atoms with E-state index in [0.29, 0.717) is 5.92 Å². The van der Waals surface area contributed by atoms with Crippen LogP contribution < -0.4 is 0 Å². The first-order valence-electron chi connectivity index (χ1n) is 16.7. The monoisotopic (exact) mass is 600 g/mol. The molecule has 0 bridgehead atoms. The first-order chi connectivity index (χ1) is 19.9. The van der Waals surface area contributed by atoms with Crippen LogP contribution in [0.1, 0.15) is 121 Å². The molecule has 43 heavy (non-hydrogen) atoms. The van der Waals surface area contributed by atoms with Crippen molar-refractivity contribution in [3.63, 3.8) is 0 Å². The van der Waals surface area contributed by atoms with Crippen LogP contribution in [0.15, 0.2) is 11.6 Å². The van der Waals surface area contributed by atoms with Gasteiger partial charge in [-0.25, -0.2) is 0 Å². The highest BCUT2D eigenvalue weighted by Crippen LogP contribution is 2.73. The van der Waals surface area contributed by atoms with Crippen LogP contribution in [0.5, 0.6) is 0 Å². The van der Waals surface area contributed by atoms with Gasteiger partial charge >= 0.3 is 17.9 Å². The molecule has 7 nitrogen and oxygen atoms in total. The van der Waals surface area contributed by atoms with Crippen molar-refractivity contribution in [2.45, 2.75) is 145 Å². The van der Waals surface area contributed by atoms with E-state index in [2.05, 4.69) is 54.5 Å². The molecule has 1 aliphatic heterocycles. The molecule has 0 radical (unpaired) electrons. The molecule has 0 unspecified atom stereocenters. The van der Waals surface area contributed by atoms with Gasteiger partial charge in [-0.3, -0.25) is 14.4 Å². The van der Waals surface area contributed by atoms with E-state index < -0.39 is 5.41 Å². The van der Waals surface area contributed by atoms with Crippen LogP contribution in [0, 0.1) is 45.3 Å².